The Bertz CT molecular complexity index is 1480. The molecule has 1 aliphatic rings. The molecule has 9 heteroatoms. The highest BCUT2D eigenvalue weighted by Gasteiger charge is 2.32. The van der Waals surface area contributed by atoms with Crippen molar-refractivity contribution < 1.29 is 18.3 Å². The van der Waals surface area contributed by atoms with E-state index in [-0.39, 0.29) is 22.1 Å². The monoisotopic (exact) mass is 510 g/mol. The van der Waals surface area contributed by atoms with Crippen LogP contribution in [0, 0.1) is 0 Å². The molecule has 1 aliphatic carbocycles. The van der Waals surface area contributed by atoms with E-state index in [2.05, 4.69) is 9.36 Å². The zero-order valence-electron chi connectivity index (χ0n) is 17.8. The summed E-state index contributed by atoms with van der Waals surface area (Å²) in [7, 11) is -3.88. The molecular formula is C25H19ClN2O4S2. The van der Waals surface area contributed by atoms with E-state index in [1.165, 1.54) is 23.7 Å². The molecule has 1 fully saturated rings. The van der Waals surface area contributed by atoms with Crippen LogP contribution in [0.3, 0.4) is 0 Å². The predicted molar refractivity (Wildman–Crippen MR) is 132 cm³/mol. The summed E-state index contributed by atoms with van der Waals surface area (Å²) in [6.45, 7) is 0. The maximum absolute atomic E-state index is 13.7. The third kappa shape index (κ3) is 4.49. The molecule has 172 valence electrons. The van der Waals surface area contributed by atoms with Crippen LogP contribution < -0.4 is 0 Å². The largest absolute Gasteiger partial charge is 0.478 e. The highest BCUT2D eigenvalue weighted by Crippen LogP contribution is 2.44. The van der Waals surface area contributed by atoms with Crippen molar-refractivity contribution in [3.8, 4) is 21.7 Å². The van der Waals surface area contributed by atoms with Crippen molar-refractivity contribution in [2.75, 3.05) is 0 Å². The van der Waals surface area contributed by atoms with Crippen molar-refractivity contribution in [1.82, 2.24) is 9.36 Å². The van der Waals surface area contributed by atoms with Gasteiger partial charge in [-0.25, -0.2) is 17.6 Å². The van der Waals surface area contributed by atoms with E-state index in [1.54, 1.807) is 42.7 Å². The Morgan fingerprint density at radius 3 is 2.53 bits per heavy atom. The Hall–Kier alpha value is -3.07. The van der Waals surface area contributed by atoms with Gasteiger partial charge in [-0.15, -0.1) is 0 Å². The van der Waals surface area contributed by atoms with Gasteiger partial charge in [-0.3, -0.25) is 4.98 Å². The van der Waals surface area contributed by atoms with E-state index in [9.17, 15) is 18.3 Å². The average molecular weight is 511 g/mol. The van der Waals surface area contributed by atoms with Gasteiger partial charge in [0.05, 0.1) is 26.8 Å². The smallest absolute Gasteiger partial charge is 0.335 e. The van der Waals surface area contributed by atoms with Crippen LogP contribution in [0.5, 0.6) is 0 Å². The quantitative estimate of drug-likeness (QED) is 0.324. The summed E-state index contributed by atoms with van der Waals surface area (Å²) in [6, 6.07) is 15.1. The first-order chi connectivity index (χ1) is 16.3. The average Bonchev–Trinajstić information content (AvgIpc) is 3.53. The maximum atomic E-state index is 13.7. The zero-order valence-corrected chi connectivity index (χ0v) is 20.2. The molecule has 0 amide bonds. The van der Waals surface area contributed by atoms with Gasteiger partial charge < -0.3 is 5.11 Å². The molecule has 6 nitrogen and oxygen atoms in total. The molecule has 0 atom stereocenters. The molecule has 2 aromatic carbocycles. The number of nitrogens with zero attached hydrogens (tertiary/aromatic N) is 2. The van der Waals surface area contributed by atoms with Gasteiger partial charge in [0.15, 0.2) is 9.84 Å². The molecule has 5 rings (SSSR count). The number of carboxylic acid groups (broad SMARTS) is 1. The number of aromatic carboxylic acids is 1. The molecule has 1 saturated carbocycles. The molecule has 0 bridgehead atoms. The fourth-order valence-corrected chi connectivity index (χ4v) is 6.64. The highest BCUT2D eigenvalue weighted by molar-refractivity contribution is 7.90. The molecule has 0 saturated heterocycles. The van der Waals surface area contributed by atoms with Crippen LogP contribution in [0.2, 0.25) is 5.02 Å². The molecule has 0 spiro atoms. The lowest BCUT2D eigenvalue weighted by molar-refractivity contribution is 0.0696. The summed E-state index contributed by atoms with van der Waals surface area (Å²) in [5.74, 6) is -1.34. The van der Waals surface area contributed by atoms with Gasteiger partial charge in [0.2, 0.25) is 0 Å². The van der Waals surface area contributed by atoms with Crippen LogP contribution in [-0.2, 0) is 15.6 Å². The van der Waals surface area contributed by atoms with Crippen molar-refractivity contribution in [2.45, 2.75) is 29.4 Å². The first-order valence-corrected chi connectivity index (χ1v) is 13.4. The second-order valence-corrected chi connectivity index (χ2v) is 11.4. The molecule has 34 heavy (non-hydrogen) atoms. The zero-order chi connectivity index (χ0) is 23.9. The first kappa shape index (κ1) is 22.7. The van der Waals surface area contributed by atoms with E-state index in [4.69, 9.17) is 11.6 Å². The SMILES string of the molecule is O=C(O)c1ccc(C2CC2)c(S(=O)(=O)Cc2cc(-c3ccns3)c(Cl)cc2-c2ccccn2)c1. The van der Waals surface area contributed by atoms with Crippen LogP contribution in [0.25, 0.3) is 21.7 Å². The molecule has 0 radical (unpaired) electrons. The number of hydrogen-bond donors (Lipinski definition) is 1. The summed E-state index contributed by atoms with van der Waals surface area (Å²) < 4.78 is 31.6. The van der Waals surface area contributed by atoms with Crippen LogP contribution in [0.1, 0.15) is 40.2 Å². The van der Waals surface area contributed by atoms with Crippen molar-refractivity contribution in [3.63, 3.8) is 0 Å². The maximum Gasteiger partial charge on any atom is 0.335 e. The number of carbonyl (C=O) groups is 1. The fourth-order valence-electron chi connectivity index (χ4n) is 3.99. The Kier molecular flexibility index (Phi) is 5.97. The predicted octanol–water partition coefficient (Wildman–Crippen LogP) is 6.08. The van der Waals surface area contributed by atoms with E-state index in [0.717, 1.165) is 17.7 Å². The number of hydrogen-bond acceptors (Lipinski definition) is 6. The van der Waals surface area contributed by atoms with Crippen molar-refractivity contribution in [2.24, 2.45) is 0 Å². The molecule has 4 aromatic rings. The van der Waals surface area contributed by atoms with Crippen molar-refractivity contribution in [3.05, 3.63) is 88.7 Å². The number of carboxylic acids is 1. The number of aromatic nitrogens is 2. The van der Waals surface area contributed by atoms with Gasteiger partial charge in [0.1, 0.15) is 0 Å². The number of halogens is 1. The third-order valence-corrected chi connectivity index (χ3v) is 8.60. The molecule has 2 heterocycles. The van der Waals surface area contributed by atoms with Crippen molar-refractivity contribution >= 4 is 38.9 Å². The first-order valence-electron chi connectivity index (χ1n) is 10.6. The summed E-state index contributed by atoms with van der Waals surface area (Å²) in [6.07, 6.45) is 5.09. The summed E-state index contributed by atoms with van der Waals surface area (Å²) in [5.41, 5.74) is 3.08. The van der Waals surface area contributed by atoms with Crippen LogP contribution in [0.4, 0.5) is 0 Å². The number of rotatable bonds is 7. The Morgan fingerprint density at radius 2 is 1.88 bits per heavy atom. The van der Waals surface area contributed by atoms with E-state index in [0.29, 0.717) is 33.0 Å². The summed E-state index contributed by atoms with van der Waals surface area (Å²) >= 11 is 7.87. The minimum Gasteiger partial charge on any atom is -0.478 e. The Morgan fingerprint density at radius 1 is 1.06 bits per heavy atom. The molecule has 0 unspecified atom stereocenters. The van der Waals surface area contributed by atoms with E-state index < -0.39 is 15.8 Å². The van der Waals surface area contributed by atoms with Crippen LogP contribution in [0.15, 0.2) is 71.9 Å². The molecule has 0 aliphatic heterocycles. The second kappa shape index (κ2) is 8.94. The summed E-state index contributed by atoms with van der Waals surface area (Å²) in [4.78, 5) is 16.9. The molecular weight excluding hydrogens is 492 g/mol. The van der Waals surface area contributed by atoms with Crippen molar-refractivity contribution in [1.29, 1.82) is 0 Å². The van der Waals surface area contributed by atoms with Gasteiger partial charge in [-0.05, 0) is 83.9 Å². The standard InChI is InChI=1S/C25H19ClN2O4S2/c26-21-13-19(22-3-1-2-9-27-22)17(11-20(21)23-8-10-28-33-23)14-34(31,32)24-12-16(25(29)30)6-7-18(24)15-4-5-15/h1-3,6-13,15H,4-5,14H2,(H,29,30). The normalized spacial score (nSPS) is 13.7. The van der Waals surface area contributed by atoms with Crippen LogP contribution >= 0.6 is 23.1 Å². The van der Waals surface area contributed by atoms with Gasteiger partial charge >= 0.3 is 5.97 Å². The van der Waals surface area contributed by atoms with Gasteiger partial charge in [-0.2, -0.15) is 0 Å². The lowest BCUT2D eigenvalue weighted by atomic mass is 10.0. The van der Waals surface area contributed by atoms with Gasteiger partial charge in [0, 0.05) is 28.5 Å². The molecule has 1 N–H and O–H groups in total. The lowest BCUT2D eigenvalue weighted by Crippen LogP contribution is -2.11. The number of benzene rings is 2. The fraction of sp³-hybridized carbons (Fsp3) is 0.160. The van der Waals surface area contributed by atoms with Gasteiger partial charge in [-0.1, -0.05) is 23.7 Å². The second-order valence-electron chi connectivity index (χ2n) is 8.17. The third-order valence-electron chi connectivity index (χ3n) is 5.80. The minimum atomic E-state index is -3.88. The Labute approximate surface area is 206 Å². The number of pyridine rings is 1. The van der Waals surface area contributed by atoms with Crippen LogP contribution in [-0.4, -0.2) is 28.9 Å². The lowest BCUT2D eigenvalue weighted by Gasteiger charge is -2.15. The van der Waals surface area contributed by atoms with E-state index >= 15 is 0 Å². The van der Waals surface area contributed by atoms with E-state index in [1.807, 2.05) is 12.1 Å². The highest BCUT2D eigenvalue weighted by atomic mass is 35.5. The topological polar surface area (TPSA) is 97.2 Å². The van der Waals surface area contributed by atoms with Gasteiger partial charge in [0.25, 0.3) is 0 Å². The molecule has 2 aromatic heterocycles. The minimum absolute atomic E-state index is 0.0469. The summed E-state index contributed by atoms with van der Waals surface area (Å²) in [5, 5.41) is 9.92. The number of sulfone groups is 1. The Balaban J connectivity index is 1.66.